The van der Waals surface area contributed by atoms with Crippen LogP contribution in [-0.2, 0) is 6.54 Å². The Morgan fingerprint density at radius 1 is 1.57 bits per heavy atom. The number of amides is 1. The summed E-state index contributed by atoms with van der Waals surface area (Å²) >= 11 is 9.38. The van der Waals surface area contributed by atoms with Crippen molar-refractivity contribution in [3.63, 3.8) is 0 Å². The molecule has 0 spiro atoms. The first kappa shape index (κ1) is 9.99. The normalized spacial score (nSPS) is 14.8. The van der Waals surface area contributed by atoms with Crippen molar-refractivity contribution in [1.82, 2.24) is 4.90 Å². The molecule has 4 heteroatoms. The van der Waals surface area contributed by atoms with E-state index in [1.165, 1.54) is 0 Å². The van der Waals surface area contributed by atoms with Crippen LogP contribution in [0.25, 0.3) is 0 Å². The SMILES string of the molecule is CCN1Cc2cc(Br)cc(Cl)c2C1=O. The zero-order valence-electron chi connectivity index (χ0n) is 7.68. The zero-order chi connectivity index (χ0) is 10.3. The monoisotopic (exact) mass is 273 g/mol. The van der Waals surface area contributed by atoms with E-state index in [2.05, 4.69) is 15.9 Å². The number of halogens is 2. The lowest BCUT2D eigenvalue weighted by atomic mass is 10.1. The third-order valence-electron chi connectivity index (χ3n) is 2.38. The van der Waals surface area contributed by atoms with Gasteiger partial charge in [-0.2, -0.15) is 0 Å². The molecule has 0 atom stereocenters. The molecule has 1 aliphatic heterocycles. The van der Waals surface area contributed by atoms with Gasteiger partial charge < -0.3 is 4.90 Å². The Kier molecular flexibility index (Phi) is 2.54. The van der Waals surface area contributed by atoms with Gasteiger partial charge in [0.1, 0.15) is 0 Å². The van der Waals surface area contributed by atoms with Crippen molar-refractivity contribution in [2.24, 2.45) is 0 Å². The second kappa shape index (κ2) is 3.55. The summed E-state index contributed by atoms with van der Waals surface area (Å²) in [6.07, 6.45) is 0. The highest BCUT2D eigenvalue weighted by molar-refractivity contribution is 9.10. The summed E-state index contributed by atoms with van der Waals surface area (Å²) in [7, 11) is 0. The highest BCUT2D eigenvalue weighted by Crippen LogP contribution is 2.32. The van der Waals surface area contributed by atoms with E-state index in [4.69, 9.17) is 11.6 Å². The fourth-order valence-corrected chi connectivity index (χ4v) is 2.64. The Bertz CT molecular complexity index is 405. The van der Waals surface area contributed by atoms with E-state index in [-0.39, 0.29) is 5.91 Å². The van der Waals surface area contributed by atoms with Gasteiger partial charge in [0.15, 0.2) is 0 Å². The molecule has 1 aromatic rings. The molecule has 0 fully saturated rings. The quantitative estimate of drug-likeness (QED) is 0.771. The Morgan fingerprint density at radius 3 is 2.93 bits per heavy atom. The first-order chi connectivity index (χ1) is 6.63. The molecule has 1 aromatic carbocycles. The van der Waals surface area contributed by atoms with Gasteiger partial charge >= 0.3 is 0 Å². The predicted octanol–water partition coefficient (Wildman–Crippen LogP) is 3.08. The van der Waals surface area contributed by atoms with E-state index in [1.807, 2.05) is 13.0 Å². The van der Waals surface area contributed by atoms with E-state index < -0.39 is 0 Å². The van der Waals surface area contributed by atoms with Crippen LogP contribution in [-0.4, -0.2) is 17.4 Å². The highest BCUT2D eigenvalue weighted by atomic mass is 79.9. The average molecular weight is 275 g/mol. The van der Waals surface area contributed by atoms with Crippen molar-refractivity contribution in [3.05, 3.63) is 32.8 Å². The van der Waals surface area contributed by atoms with Crippen molar-refractivity contribution in [2.75, 3.05) is 6.54 Å². The summed E-state index contributed by atoms with van der Waals surface area (Å²) in [5.41, 5.74) is 1.67. The van der Waals surface area contributed by atoms with Crippen LogP contribution in [0.15, 0.2) is 16.6 Å². The number of benzene rings is 1. The molecule has 0 saturated heterocycles. The van der Waals surface area contributed by atoms with Crippen molar-refractivity contribution in [2.45, 2.75) is 13.5 Å². The minimum atomic E-state index is 0.0417. The second-order valence-corrected chi connectivity index (χ2v) is 4.56. The predicted molar refractivity (Wildman–Crippen MR) is 59.6 cm³/mol. The molecule has 0 bridgehead atoms. The largest absolute Gasteiger partial charge is 0.335 e. The topological polar surface area (TPSA) is 20.3 Å². The molecule has 0 aliphatic carbocycles. The molecule has 2 rings (SSSR count). The summed E-state index contributed by atoms with van der Waals surface area (Å²) in [5, 5.41) is 0.537. The molecule has 14 heavy (non-hydrogen) atoms. The minimum Gasteiger partial charge on any atom is -0.335 e. The molecule has 0 N–H and O–H groups in total. The Morgan fingerprint density at radius 2 is 2.29 bits per heavy atom. The van der Waals surface area contributed by atoms with Crippen LogP contribution >= 0.6 is 27.5 Å². The number of hydrogen-bond acceptors (Lipinski definition) is 1. The van der Waals surface area contributed by atoms with E-state index >= 15 is 0 Å². The molecule has 0 unspecified atom stereocenters. The van der Waals surface area contributed by atoms with E-state index in [9.17, 15) is 4.79 Å². The number of carbonyl (C=O) groups excluding carboxylic acids is 1. The highest BCUT2D eigenvalue weighted by Gasteiger charge is 2.28. The standard InChI is InChI=1S/C10H9BrClNO/c1-2-13-5-6-3-7(11)4-8(12)9(6)10(13)14/h3-4H,2,5H2,1H3. The lowest BCUT2D eigenvalue weighted by Gasteiger charge is -2.10. The Hall–Kier alpha value is -0.540. The van der Waals surface area contributed by atoms with E-state index in [1.54, 1.807) is 11.0 Å². The third-order valence-corrected chi connectivity index (χ3v) is 3.14. The molecule has 1 heterocycles. The molecule has 0 saturated carbocycles. The molecule has 0 aromatic heterocycles. The first-order valence-corrected chi connectivity index (χ1v) is 5.57. The molecule has 1 aliphatic rings. The Labute approximate surface area is 96.0 Å². The van der Waals surface area contributed by atoms with Crippen molar-refractivity contribution in [1.29, 1.82) is 0 Å². The van der Waals surface area contributed by atoms with Gasteiger partial charge in [0.2, 0.25) is 0 Å². The van der Waals surface area contributed by atoms with Gasteiger partial charge in [-0.3, -0.25) is 4.79 Å². The van der Waals surface area contributed by atoms with Crippen LogP contribution in [0.5, 0.6) is 0 Å². The van der Waals surface area contributed by atoms with Gasteiger partial charge in [-0.15, -0.1) is 0 Å². The molecule has 1 amide bonds. The van der Waals surface area contributed by atoms with E-state index in [0.29, 0.717) is 17.1 Å². The van der Waals surface area contributed by atoms with Gasteiger partial charge in [-0.1, -0.05) is 27.5 Å². The summed E-state index contributed by atoms with van der Waals surface area (Å²) in [6, 6.07) is 3.71. The van der Waals surface area contributed by atoms with Crippen molar-refractivity contribution in [3.8, 4) is 0 Å². The van der Waals surface area contributed by atoms with Crippen LogP contribution in [0, 0.1) is 0 Å². The summed E-state index contributed by atoms with van der Waals surface area (Å²) in [6.45, 7) is 3.36. The van der Waals surface area contributed by atoms with Gasteiger partial charge in [0.25, 0.3) is 5.91 Å². The third kappa shape index (κ3) is 1.44. The number of hydrogen-bond donors (Lipinski definition) is 0. The van der Waals surface area contributed by atoms with Gasteiger partial charge in [-0.05, 0) is 24.6 Å². The van der Waals surface area contributed by atoms with Crippen molar-refractivity contribution < 1.29 is 4.79 Å². The van der Waals surface area contributed by atoms with Crippen LogP contribution in [0.2, 0.25) is 5.02 Å². The summed E-state index contributed by atoms with van der Waals surface area (Å²) in [4.78, 5) is 13.6. The number of fused-ring (bicyclic) bond motifs is 1. The zero-order valence-corrected chi connectivity index (χ0v) is 10.0. The maximum Gasteiger partial charge on any atom is 0.256 e. The fourth-order valence-electron chi connectivity index (χ4n) is 1.68. The number of rotatable bonds is 1. The maximum atomic E-state index is 11.8. The molecular formula is C10H9BrClNO. The van der Waals surface area contributed by atoms with Gasteiger partial charge in [0.05, 0.1) is 10.6 Å². The molecular weight excluding hydrogens is 265 g/mol. The van der Waals surface area contributed by atoms with E-state index in [0.717, 1.165) is 16.6 Å². The van der Waals surface area contributed by atoms with Gasteiger partial charge in [-0.25, -0.2) is 0 Å². The van der Waals surface area contributed by atoms with Crippen LogP contribution in [0.4, 0.5) is 0 Å². The summed E-state index contributed by atoms with van der Waals surface area (Å²) < 4.78 is 0.923. The Balaban J connectivity index is 2.54. The number of carbonyl (C=O) groups is 1. The number of nitrogens with zero attached hydrogens (tertiary/aromatic N) is 1. The van der Waals surface area contributed by atoms with Crippen LogP contribution in [0.3, 0.4) is 0 Å². The summed E-state index contributed by atoms with van der Waals surface area (Å²) in [5.74, 6) is 0.0417. The molecule has 74 valence electrons. The fraction of sp³-hybridized carbons (Fsp3) is 0.300. The minimum absolute atomic E-state index is 0.0417. The first-order valence-electron chi connectivity index (χ1n) is 4.40. The molecule has 2 nitrogen and oxygen atoms in total. The smallest absolute Gasteiger partial charge is 0.256 e. The lowest BCUT2D eigenvalue weighted by molar-refractivity contribution is 0.0787. The molecule has 0 radical (unpaired) electrons. The van der Waals surface area contributed by atoms with Crippen LogP contribution in [0.1, 0.15) is 22.8 Å². The van der Waals surface area contributed by atoms with Gasteiger partial charge in [0, 0.05) is 17.6 Å². The van der Waals surface area contributed by atoms with Crippen molar-refractivity contribution >= 4 is 33.4 Å². The second-order valence-electron chi connectivity index (χ2n) is 3.24. The maximum absolute atomic E-state index is 11.8. The van der Waals surface area contributed by atoms with Crippen LogP contribution < -0.4 is 0 Å². The lowest BCUT2D eigenvalue weighted by Crippen LogP contribution is -2.23. The average Bonchev–Trinajstić information content (AvgIpc) is 2.42.